The molecule has 0 spiro atoms. The lowest BCUT2D eigenvalue weighted by atomic mass is 10.0. The van der Waals surface area contributed by atoms with Crippen LogP contribution in [0.3, 0.4) is 0 Å². The lowest BCUT2D eigenvalue weighted by Crippen LogP contribution is -2.16. The number of rotatable bonds is 6. The van der Waals surface area contributed by atoms with Gasteiger partial charge in [-0.15, -0.1) is 0 Å². The molecular weight excluding hydrogens is 306 g/mol. The van der Waals surface area contributed by atoms with Gasteiger partial charge < -0.3 is 9.84 Å². The van der Waals surface area contributed by atoms with E-state index < -0.39 is 17.7 Å². The van der Waals surface area contributed by atoms with Crippen molar-refractivity contribution in [2.75, 3.05) is 7.11 Å². The predicted octanol–water partition coefficient (Wildman–Crippen LogP) is 3.45. The highest BCUT2D eigenvalue weighted by Gasteiger charge is 2.16. The quantitative estimate of drug-likeness (QED) is 0.813. The minimum Gasteiger partial charge on any atom is -0.393 e. The fraction of sp³-hybridized carbons (Fsp3) is 0.538. The second-order valence-electron chi connectivity index (χ2n) is 4.30. The van der Waals surface area contributed by atoms with Crippen LogP contribution >= 0.6 is 15.9 Å². The number of methoxy groups -OCH3 is 1. The molecule has 1 N–H and O–H groups in total. The van der Waals surface area contributed by atoms with Crippen LogP contribution in [0.1, 0.15) is 25.3 Å². The maximum atomic E-state index is 13.7. The fourth-order valence-electron chi connectivity index (χ4n) is 1.64. The first-order chi connectivity index (χ1) is 8.45. The Morgan fingerprint density at radius 1 is 1.33 bits per heavy atom. The molecule has 18 heavy (non-hydrogen) atoms. The Balaban J connectivity index is 2.64. The van der Waals surface area contributed by atoms with Crippen molar-refractivity contribution >= 4 is 15.9 Å². The Kier molecular flexibility index (Phi) is 6.18. The SMILES string of the molecule is COC(C)CCC(O)Cc1c(F)ccc(Br)c1F. The van der Waals surface area contributed by atoms with Crippen molar-refractivity contribution in [1.29, 1.82) is 0 Å². The van der Waals surface area contributed by atoms with Crippen LogP contribution in [0.5, 0.6) is 0 Å². The molecule has 0 aliphatic carbocycles. The molecule has 102 valence electrons. The monoisotopic (exact) mass is 322 g/mol. The molecule has 2 nitrogen and oxygen atoms in total. The maximum Gasteiger partial charge on any atom is 0.143 e. The molecule has 1 aromatic rings. The largest absolute Gasteiger partial charge is 0.393 e. The standard InChI is InChI=1S/C13H17BrF2O2/c1-8(18-2)3-4-9(17)7-10-12(15)6-5-11(14)13(10)16/h5-6,8-9,17H,3-4,7H2,1-2H3. The number of ether oxygens (including phenoxy) is 1. The Labute approximate surface area is 114 Å². The number of hydrogen-bond acceptors (Lipinski definition) is 2. The fourth-order valence-corrected chi connectivity index (χ4v) is 2.01. The summed E-state index contributed by atoms with van der Waals surface area (Å²) < 4.78 is 32.4. The maximum absolute atomic E-state index is 13.7. The topological polar surface area (TPSA) is 29.5 Å². The van der Waals surface area contributed by atoms with Crippen LogP contribution in [0.15, 0.2) is 16.6 Å². The summed E-state index contributed by atoms with van der Waals surface area (Å²) in [5, 5.41) is 9.78. The summed E-state index contributed by atoms with van der Waals surface area (Å²) in [6.45, 7) is 1.88. The highest BCUT2D eigenvalue weighted by Crippen LogP contribution is 2.23. The molecule has 5 heteroatoms. The number of halogens is 3. The Hall–Kier alpha value is -0.520. The number of aliphatic hydroxyl groups is 1. The summed E-state index contributed by atoms with van der Waals surface area (Å²) in [4.78, 5) is 0. The van der Waals surface area contributed by atoms with Crippen molar-refractivity contribution < 1.29 is 18.6 Å². The summed E-state index contributed by atoms with van der Waals surface area (Å²) in [5.74, 6) is -1.27. The molecule has 0 aliphatic heterocycles. The van der Waals surface area contributed by atoms with Gasteiger partial charge in [-0.25, -0.2) is 8.78 Å². The molecule has 0 aliphatic rings. The third-order valence-corrected chi connectivity index (χ3v) is 3.50. The predicted molar refractivity (Wildman–Crippen MR) is 69.5 cm³/mol. The first-order valence-electron chi connectivity index (χ1n) is 5.79. The molecule has 0 radical (unpaired) electrons. The molecule has 0 amide bonds. The van der Waals surface area contributed by atoms with Gasteiger partial charge in [0.25, 0.3) is 0 Å². The lowest BCUT2D eigenvalue weighted by molar-refractivity contribution is 0.0846. The minimum absolute atomic E-state index is 0.0249. The molecule has 0 aromatic heterocycles. The summed E-state index contributed by atoms with van der Waals surface area (Å²) in [6, 6.07) is 2.50. The van der Waals surface area contributed by atoms with Crippen LogP contribution < -0.4 is 0 Å². The van der Waals surface area contributed by atoms with Crippen LogP contribution in [0.4, 0.5) is 8.78 Å². The molecular formula is C13H17BrF2O2. The van der Waals surface area contributed by atoms with Gasteiger partial charge in [0.1, 0.15) is 11.6 Å². The highest BCUT2D eigenvalue weighted by molar-refractivity contribution is 9.10. The molecule has 0 heterocycles. The van der Waals surface area contributed by atoms with E-state index in [1.165, 1.54) is 12.1 Å². The van der Waals surface area contributed by atoms with Gasteiger partial charge in [0, 0.05) is 19.1 Å². The normalized spacial score (nSPS) is 14.6. The van der Waals surface area contributed by atoms with Crippen molar-refractivity contribution in [3.63, 3.8) is 0 Å². The van der Waals surface area contributed by atoms with Gasteiger partial charge in [-0.3, -0.25) is 0 Å². The Bertz CT molecular complexity index is 399. The molecule has 0 bridgehead atoms. The second kappa shape index (κ2) is 7.16. The van der Waals surface area contributed by atoms with Crippen LogP contribution in [-0.2, 0) is 11.2 Å². The average Bonchev–Trinajstić information content (AvgIpc) is 2.36. The van der Waals surface area contributed by atoms with Gasteiger partial charge in [-0.1, -0.05) is 0 Å². The third-order valence-electron chi connectivity index (χ3n) is 2.89. The smallest absolute Gasteiger partial charge is 0.143 e. The van der Waals surface area contributed by atoms with Gasteiger partial charge >= 0.3 is 0 Å². The zero-order valence-electron chi connectivity index (χ0n) is 10.4. The summed E-state index contributed by atoms with van der Waals surface area (Å²) in [7, 11) is 1.59. The van der Waals surface area contributed by atoms with Gasteiger partial charge in [-0.2, -0.15) is 0 Å². The average molecular weight is 323 g/mol. The lowest BCUT2D eigenvalue weighted by Gasteiger charge is -2.15. The molecule has 2 unspecified atom stereocenters. The van der Waals surface area contributed by atoms with E-state index in [-0.39, 0.29) is 22.6 Å². The van der Waals surface area contributed by atoms with Crippen LogP contribution in [0, 0.1) is 11.6 Å². The molecule has 1 rings (SSSR count). The van der Waals surface area contributed by atoms with Crippen molar-refractivity contribution in [2.45, 2.75) is 38.4 Å². The number of hydrogen-bond donors (Lipinski definition) is 1. The Morgan fingerprint density at radius 2 is 2.00 bits per heavy atom. The van der Waals surface area contributed by atoms with Gasteiger partial charge in [0.2, 0.25) is 0 Å². The summed E-state index contributed by atoms with van der Waals surface area (Å²) in [6.07, 6.45) is 0.306. The Morgan fingerprint density at radius 3 is 2.61 bits per heavy atom. The molecule has 0 fully saturated rings. The summed E-state index contributed by atoms with van der Waals surface area (Å²) >= 11 is 3.00. The van der Waals surface area contributed by atoms with Gasteiger partial charge in [0.15, 0.2) is 0 Å². The van der Waals surface area contributed by atoms with Crippen LogP contribution in [0.2, 0.25) is 0 Å². The second-order valence-corrected chi connectivity index (χ2v) is 5.16. The first kappa shape index (κ1) is 15.5. The van der Waals surface area contributed by atoms with E-state index in [1.807, 2.05) is 6.92 Å². The van der Waals surface area contributed by atoms with E-state index >= 15 is 0 Å². The van der Waals surface area contributed by atoms with Gasteiger partial charge in [-0.05, 0) is 47.8 Å². The van der Waals surface area contributed by atoms with E-state index in [9.17, 15) is 13.9 Å². The number of benzene rings is 1. The summed E-state index contributed by atoms with van der Waals surface area (Å²) in [5.41, 5.74) is -0.0815. The zero-order chi connectivity index (χ0) is 13.7. The van der Waals surface area contributed by atoms with E-state index in [4.69, 9.17) is 4.74 Å². The van der Waals surface area contributed by atoms with Crippen molar-refractivity contribution in [3.8, 4) is 0 Å². The van der Waals surface area contributed by atoms with Crippen molar-refractivity contribution in [3.05, 3.63) is 33.8 Å². The molecule has 2 atom stereocenters. The third kappa shape index (κ3) is 4.30. The van der Waals surface area contributed by atoms with E-state index in [0.29, 0.717) is 12.8 Å². The zero-order valence-corrected chi connectivity index (χ0v) is 12.0. The van der Waals surface area contributed by atoms with E-state index in [0.717, 1.165) is 0 Å². The molecule has 0 saturated carbocycles. The van der Waals surface area contributed by atoms with Crippen LogP contribution in [-0.4, -0.2) is 24.4 Å². The van der Waals surface area contributed by atoms with Crippen molar-refractivity contribution in [1.82, 2.24) is 0 Å². The van der Waals surface area contributed by atoms with Crippen molar-refractivity contribution in [2.24, 2.45) is 0 Å². The van der Waals surface area contributed by atoms with Gasteiger partial charge in [0.05, 0.1) is 16.7 Å². The van der Waals surface area contributed by atoms with E-state index in [1.54, 1.807) is 7.11 Å². The highest BCUT2D eigenvalue weighted by atomic mass is 79.9. The van der Waals surface area contributed by atoms with Crippen LogP contribution in [0.25, 0.3) is 0 Å². The minimum atomic E-state index is -0.777. The first-order valence-corrected chi connectivity index (χ1v) is 6.58. The molecule has 1 aromatic carbocycles. The number of aliphatic hydroxyl groups excluding tert-OH is 1. The van der Waals surface area contributed by atoms with E-state index in [2.05, 4.69) is 15.9 Å². The molecule has 0 saturated heterocycles.